The fourth-order valence-electron chi connectivity index (χ4n) is 3.03. The van der Waals surface area contributed by atoms with Gasteiger partial charge in [-0.1, -0.05) is 27.7 Å². The minimum Gasteiger partial charge on any atom is -0.329 e. The van der Waals surface area contributed by atoms with E-state index in [4.69, 9.17) is 5.73 Å². The molecule has 1 saturated heterocycles. The van der Waals surface area contributed by atoms with Crippen molar-refractivity contribution >= 4 is 0 Å². The summed E-state index contributed by atoms with van der Waals surface area (Å²) in [6.45, 7) is 13.6. The number of piperidine rings is 1. The number of hydrogen-bond donors (Lipinski definition) is 1. The van der Waals surface area contributed by atoms with Crippen LogP contribution in [0.1, 0.15) is 40.5 Å². The Morgan fingerprint density at radius 3 is 2.18 bits per heavy atom. The first kappa shape index (κ1) is 14.9. The van der Waals surface area contributed by atoms with Crippen molar-refractivity contribution in [1.29, 1.82) is 0 Å². The van der Waals surface area contributed by atoms with E-state index in [1.165, 1.54) is 32.5 Å². The summed E-state index contributed by atoms with van der Waals surface area (Å²) < 4.78 is 0. The van der Waals surface area contributed by atoms with Crippen LogP contribution in [0.15, 0.2) is 0 Å². The Morgan fingerprint density at radius 2 is 1.82 bits per heavy atom. The minimum atomic E-state index is 0.269. The van der Waals surface area contributed by atoms with Gasteiger partial charge in [0.2, 0.25) is 0 Å². The van der Waals surface area contributed by atoms with Crippen LogP contribution in [0.3, 0.4) is 0 Å². The van der Waals surface area contributed by atoms with Crippen LogP contribution in [0.4, 0.5) is 0 Å². The summed E-state index contributed by atoms with van der Waals surface area (Å²) in [6.07, 6.45) is 2.58. The summed E-state index contributed by atoms with van der Waals surface area (Å²) in [5.41, 5.74) is 6.24. The molecule has 17 heavy (non-hydrogen) atoms. The molecular weight excluding hydrogens is 210 g/mol. The van der Waals surface area contributed by atoms with Gasteiger partial charge in [0.15, 0.2) is 0 Å². The van der Waals surface area contributed by atoms with Crippen molar-refractivity contribution in [3.63, 3.8) is 0 Å². The Labute approximate surface area is 107 Å². The Morgan fingerprint density at radius 1 is 1.29 bits per heavy atom. The van der Waals surface area contributed by atoms with Crippen molar-refractivity contribution in [2.75, 3.05) is 33.2 Å². The summed E-state index contributed by atoms with van der Waals surface area (Å²) in [7, 11) is 2.26. The average Bonchev–Trinajstić information content (AvgIpc) is 2.28. The number of likely N-dealkylation sites (tertiary alicyclic amines) is 1. The third kappa shape index (κ3) is 3.94. The molecule has 2 N–H and O–H groups in total. The second-order valence-electron chi connectivity index (χ2n) is 6.45. The van der Waals surface area contributed by atoms with Gasteiger partial charge >= 0.3 is 0 Å². The highest BCUT2D eigenvalue weighted by atomic mass is 15.2. The first-order chi connectivity index (χ1) is 7.90. The van der Waals surface area contributed by atoms with Crippen LogP contribution >= 0.6 is 0 Å². The highest BCUT2D eigenvalue weighted by Gasteiger charge is 2.32. The summed E-state index contributed by atoms with van der Waals surface area (Å²) in [5, 5.41) is 0. The van der Waals surface area contributed by atoms with Crippen LogP contribution in [0, 0.1) is 5.41 Å². The largest absolute Gasteiger partial charge is 0.329 e. The molecule has 0 saturated carbocycles. The molecule has 0 amide bonds. The fourth-order valence-corrected chi connectivity index (χ4v) is 3.03. The predicted molar refractivity (Wildman–Crippen MR) is 75.2 cm³/mol. The maximum Gasteiger partial charge on any atom is 0.0266 e. The van der Waals surface area contributed by atoms with Crippen molar-refractivity contribution in [1.82, 2.24) is 9.80 Å². The van der Waals surface area contributed by atoms with Crippen molar-refractivity contribution in [3.8, 4) is 0 Å². The topological polar surface area (TPSA) is 32.5 Å². The van der Waals surface area contributed by atoms with Crippen LogP contribution in [-0.2, 0) is 0 Å². The van der Waals surface area contributed by atoms with Crippen molar-refractivity contribution < 1.29 is 0 Å². The molecule has 1 atom stereocenters. The molecule has 1 aliphatic rings. The SMILES string of the molecule is CCN1CCC(N(C)C(CN)C(C)(C)C)CC1. The first-order valence-corrected chi connectivity index (χ1v) is 7.04. The van der Waals surface area contributed by atoms with Crippen LogP contribution in [0.5, 0.6) is 0 Å². The molecule has 0 radical (unpaired) electrons. The third-order valence-electron chi connectivity index (χ3n) is 4.29. The van der Waals surface area contributed by atoms with E-state index in [9.17, 15) is 0 Å². The minimum absolute atomic E-state index is 0.269. The fraction of sp³-hybridized carbons (Fsp3) is 1.00. The maximum atomic E-state index is 5.97. The van der Waals surface area contributed by atoms with E-state index in [0.717, 1.165) is 6.54 Å². The number of hydrogen-bond acceptors (Lipinski definition) is 3. The van der Waals surface area contributed by atoms with E-state index >= 15 is 0 Å². The van der Waals surface area contributed by atoms with Gasteiger partial charge in [0.25, 0.3) is 0 Å². The summed E-state index contributed by atoms with van der Waals surface area (Å²) in [4.78, 5) is 5.08. The van der Waals surface area contributed by atoms with Gasteiger partial charge in [-0.3, -0.25) is 4.90 Å². The van der Waals surface area contributed by atoms with E-state index in [2.05, 4.69) is 44.5 Å². The van der Waals surface area contributed by atoms with Crippen LogP contribution in [-0.4, -0.2) is 55.1 Å². The number of nitrogens with two attached hydrogens (primary N) is 1. The molecule has 1 heterocycles. The molecule has 0 spiro atoms. The van der Waals surface area contributed by atoms with E-state index < -0.39 is 0 Å². The zero-order chi connectivity index (χ0) is 13.1. The van der Waals surface area contributed by atoms with Gasteiger partial charge in [-0.2, -0.15) is 0 Å². The highest BCUT2D eigenvalue weighted by Crippen LogP contribution is 2.27. The zero-order valence-corrected chi connectivity index (χ0v) is 12.4. The van der Waals surface area contributed by atoms with Crippen molar-refractivity contribution in [2.24, 2.45) is 11.1 Å². The van der Waals surface area contributed by atoms with E-state index in [-0.39, 0.29) is 5.41 Å². The molecule has 3 heteroatoms. The lowest BCUT2D eigenvalue weighted by Gasteiger charge is -2.44. The Balaban J connectivity index is 2.55. The second kappa shape index (κ2) is 6.17. The van der Waals surface area contributed by atoms with Gasteiger partial charge in [-0.05, 0) is 44.9 Å². The van der Waals surface area contributed by atoms with E-state index in [1.807, 2.05) is 0 Å². The molecule has 0 aromatic heterocycles. The second-order valence-corrected chi connectivity index (χ2v) is 6.45. The molecule has 1 unspecified atom stereocenters. The third-order valence-corrected chi connectivity index (χ3v) is 4.29. The molecule has 0 aliphatic carbocycles. The van der Waals surface area contributed by atoms with Gasteiger partial charge in [-0.25, -0.2) is 0 Å². The van der Waals surface area contributed by atoms with E-state index in [0.29, 0.717) is 12.1 Å². The van der Waals surface area contributed by atoms with Crippen LogP contribution in [0.25, 0.3) is 0 Å². The normalized spacial score (nSPS) is 22.1. The lowest BCUT2D eigenvalue weighted by Crippen LogP contribution is -2.53. The quantitative estimate of drug-likeness (QED) is 0.814. The van der Waals surface area contributed by atoms with Gasteiger partial charge in [0, 0.05) is 18.6 Å². The summed E-state index contributed by atoms with van der Waals surface area (Å²) in [6, 6.07) is 1.20. The molecule has 0 bridgehead atoms. The molecule has 1 rings (SSSR count). The number of likely N-dealkylation sites (N-methyl/N-ethyl adjacent to an activating group) is 1. The molecule has 0 aromatic carbocycles. The molecular formula is C14H31N3. The summed E-state index contributed by atoms with van der Waals surface area (Å²) >= 11 is 0. The van der Waals surface area contributed by atoms with Gasteiger partial charge in [0.05, 0.1) is 0 Å². The van der Waals surface area contributed by atoms with E-state index in [1.54, 1.807) is 0 Å². The molecule has 0 aromatic rings. The average molecular weight is 241 g/mol. The van der Waals surface area contributed by atoms with Gasteiger partial charge < -0.3 is 10.6 Å². The van der Waals surface area contributed by atoms with Gasteiger partial charge in [0.1, 0.15) is 0 Å². The highest BCUT2D eigenvalue weighted by molar-refractivity contribution is 4.88. The Hall–Kier alpha value is -0.120. The standard InChI is InChI=1S/C14H31N3/c1-6-17-9-7-12(8-10-17)16(5)13(11-15)14(2,3)4/h12-13H,6-11,15H2,1-5H3. The Bertz CT molecular complexity index is 214. The smallest absolute Gasteiger partial charge is 0.0266 e. The molecule has 102 valence electrons. The Kier molecular flexibility index (Phi) is 5.42. The molecule has 3 nitrogen and oxygen atoms in total. The maximum absolute atomic E-state index is 5.97. The number of rotatable bonds is 4. The lowest BCUT2D eigenvalue weighted by atomic mass is 9.84. The number of nitrogens with zero attached hydrogens (tertiary/aromatic N) is 2. The zero-order valence-electron chi connectivity index (χ0n) is 12.4. The molecule has 1 fully saturated rings. The van der Waals surface area contributed by atoms with Gasteiger partial charge in [-0.15, -0.1) is 0 Å². The van der Waals surface area contributed by atoms with Crippen molar-refractivity contribution in [3.05, 3.63) is 0 Å². The lowest BCUT2D eigenvalue weighted by molar-refractivity contribution is 0.0530. The van der Waals surface area contributed by atoms with Crippen LogP contribution < -0.4 is 5.73 Å². The molecule has 1 aliphatic heterocycles. The predicted octanol–water partition coefficient (Wildman–Crippen LogP) is 1.78. The monoisotopic (exact) mass is 241 g/mol. The summed E-state index contributed by atoms with van der Waals surface area (Å²) in [5.74, 6) is 0. The van der Waals surface area contributed by atoms with Crippen molar-refractivity contribution in [2.45, 2.75) is 52.6 Å². The first-order valence-electron chi connectivity index (χ1n) is 7.04. The van der Waals surface area contributed by atoms with Crippen LogP contribution in [0.2, 0.25) is 0 Å².